The van der Waals surface area contributed by atoms with E-state index in [9.17, 15) is 0 Å². The molecule has 0 fully saturated rings. The smallest absolute Gasteiger partial charge is 0.223 e. The van der Waals surface area contributed by atoms with E-state index in [4.69, 9.17) is 4.74 Å². The third kappa shape index (κ3) is 3.77. The number of hydrogen-bond donors (Lipinski definition) is 0. The Hall–Kier alpha value is -1.42. The summed E-state index contributed by atoms with van der Waals surface area (Å²) in [5.74, 6) is 2.25. The molecule has 0 N–H and O–H groups in total. The molecule has 0 bridgehead atoms. The molecular weight excluding hydrogens is 304 g/mol. The van der Waals surface area contributed by atoms with Gasteiger partial charge in [0.1, 0.15) is 16.2 Å². The van der Waals surface area contributed by atoms with E-state index >= 15 is 0 Å². The molecule has 100 valence electrons. The van der Waals surface area contributed by atoms with Crippen LogP contribution in [0.3, 0.4) is 0 Å². The van der Waals surface area contributed by atoms with Crippen molar-refractivity contribution in [1.82, 2.24) is 9.97 Å². The van der Waals surface area contributed by atoms with Crippen LogP contribution in [0.1, 0.15) is 31.7 Å². The van der Waals surface area contributed by atoms with E-state index in [1.165, 1.54) is 5.56 Å². The van der Waals surface area contributed by atoms with Gasteiger partial charge in [0, 0.05) is 12.5 Å². The first-order valence-electron chi connectivity index (χ1n) is 6.52. The molecule has 19 heavy (non-hydrogen) atoms. The van der Waals surface area contributed by atoms with Crippen LogP contribution < -0.4 is 4.74 Å². The molecule has 2 aromatic rings. The summed E-state index contributed by atoms with van der Waals surface area (Å²) in [6.45, 7) is 4.22. The molecule has 0 amide bonds. The number of ether oxygens (including phenoxy) is 1. The van der Waals surface area contributed by atoms with Crippen LogP contribution in [0.4, 0.5) is 0 Å². The number of para-hydroxylation sites is 1. The first-order chi connectivity index (χ1) is 9.22. The Morgan fingerprint density at radius 3 is 2.68 bits per heavy atom. The summed E-state index contributed by atoms with van der Waals surface area (Å²) in [5, 5.41) is 0. The molecule has 3 nitrogen and oxygen atoms in total. The number of aryl methyl sites for hydroxylation is 2. The molecule has 0 radical (unpaired) electrons. The molecule has 0 saturated carbocycles. The van der Waals surface area contributed by atoms with Crippen LogP contribution in [0.15, 0.2) is 34.9 Å². The maximum absolute atomic E-state index is 5.89. The third-order valence-electron chi connectivity index (χ3n) is 2.76. The van der Waals surface area contributed by atoms with Gasteiger partial charge in [-0.05, 0) is 40.4 Å². The number of hydrogen-bond acceptors (Lipinski definition) is 3. The zero-order valence-corrected chi connectivity index (χ0v) is 12.8. The minimum absolute atomic E-state index is 0.589. The fraction of sp³-hybridized carbons (Fsp3) is 0.333. The average molecular weight is 321 g/mol. The second kappa shape index (κ2) is 6.66. The van der Waals surface area contributed by atoms with E-state index in [0.717, 1.165) is 35.4 Å². The first kappa shape index (κ1) is 14.0. The summed E-state index contributed by atoms with van der Waals surface area (Å²) < 4.78 is 6.65. The minimum atomic E-state index is 0.589. The van der Waals surface area contributed by atoms with E-state index in [0.29, 0.717) is 5.88 Å². The van der Waals surface area contributed by atoms with Crippen LogP contribution in [0.5, 0.6) is 11.6 Å². The van der Waals surface area contributed by atoms with E-state index < -0.39 is 0 Å². The Morgan fingerprint density at radius 1 is 1.16 bits per heavy atom. The van der Waals surface area contributed by atoms with Gasteiger partial charge in [-0.3, -0.25) is 0 Å². The van der Waals surface area contributed by atoms with Crippen LogP contribution in [0, 0.1) is 0 Å². The largest absolute Gasteiger partial charge is 0.439 e. The molecule has 0 aliphatic carbocycles. The molecule has 0 aliphatic heterocycles. The average Bonchev–Trinajstić information content (AvgIpc) is 2.39. The van der Waals surface area contributed by atoms with Gasteiger partial charge < -0.3 is 4.74 Å². The van der Waals surface area contributed by atoms with Gasteiger partial charge in [-0.15, -0.1) is 0 Å². The quantitative estimate of drug-likeness (QED) is 0.758. The number of rotatable bonds is 5. The predicted octanol–water partition coefficient (Wildman–Crippen LogP) is 4.55. The van der Waals surface area contributed by atoms with E-state index in [1.54, 1.807) is 6.07 Å². The zero-order valence-electron chi connectivity index (χ0n) is 11.2. The Bertz CT molecular complexity index is 558. The van der Waals surface area contributed by atoms with Crippen molar-refractivity contribution in [1.29, 1.82) is 0 Å². The molecule has 0 aliphatic rings. The van der Waals surface area contributed by atoms with Gasteiger partial charge in [-0.2, -0.15) is 4.98 Å². The molecule has 1 aromatic heterocycles. The van der Waals surface area contributed by atoms with Crippen LogP contribution in [0.25, 0.3) is 0 Å². The van der Waals surface area contributed by atoms with Crippen molar-refractivity contribution < 1.29 is 4.74 Å². The van der Waals surface area contributed by atoms with E-state index in [2.05, 4.69) is 45.8 Å². The van der Waals surface area contributed by atoms with Crippen LogP contribution in [-0.4, -0.2) is 9.97 Å². The fourth-order valence-electron chi connectivity index (χ4n) is 1.84. The Labute approximate surface area is 122 Å². The number of benzene rings is 1. The second-order valence-corrected chi connectivity index (χ2v) is 5.07. The van der Waals surface area contributed by atoms with Crippen molar-refractivity contribution in [3.05, 3.63) is 46.3 Å². The molecule has 1 aromatic carbocycles. The summed E-state index contributed by atoms with van der Waals surface area (Å²) in [4.78, 5) is 8.76. The monoisotopic (exact) mass is 320 g/mol. The lowest BCUT2D eigenvalue weighted by Gasteiger charge is -2.10. The Morgan fingerprint density at radius 2 is 1.95 bits per heavy atom. The highest BCUT2D eigenvalue weighted by atomic mass is 79.9. The highest BCUT2D eigenvalue weighted by molar-refractivity contribution is 9.10. The van der Waals surface area contributed by atoms with Crippen LogP contribution in [-0.2, 0) is 12.8 Å². The lowest BCUT2D eigenvalue weighted by molar-refractivity contribution is 0.452. The molecule has 0 unspecified atom stereocenters. The maximum Gasteiger partial charge on any atom is 0.223 e. The topological polar surface area (TPSA) is 35.0 Å². The highest BCUT2D eigenvalue weighted by Crippen LogP contribution is 2.25. The number of halogens is 1. The van der Waals surface area contributed by atoms with Crippen LogP contribution in [0.2, 0.25) is 0 Å². The lowest BCUT2D eigenvalue weighted by atomic mass is 10.1. The van der Waals surface area contributed by atoms with Gasteiger partial charge in [0.2, 0.25) is 5.88 Å². The minimum Gasteiger partial charge on any atom is -0.439 e. The molecule has 4 heteroatoms. The predicted molar refractivity (Wildman–Crippen MR) is 79.6 cm³/mol. The SMILES string of the molecule is CCCc1nc(Br)cc(Oc2ccccc2CC)n1. The summed E-state index contributed by atoms with van der Waals surface area (Å²) in [6, 6.07) is 9.82. The first-order valence-corrected chi connectivity index (χ1v) is 7.31. The van der Waals surface area contributed by atoms with Gasteiger partial charge >= 0.3 is 0 Å². The zero-order chi connectivity index (χ0) is 13.7. The highest BCUT2D eigenvalue weighted by Gasteiger charge is 2.07. The van der Waals surface area contributed by atoms with Crippen molar-refractivity contribution in [2.24, 2.45) is 0 Å². The van der Waals surface area contributed by atoms with Crippen molar-refractivity contribution >= 4 is 15.9 Å². The molecule has 0 spiro atoms. The van der Waals surface area contributed by atoms with Gasteiger partial charge in [0.25, 0.3) is 0 Å². The summed E-state index contributed by atoms with van der Waals surface area (Å²) in [5.41, 5.74) is 1.18. The maximum atomic E-state index is 5.89. The van der Waals surface area contributed by atoms with E-state index in [-0.39, 0.29) is 0 Å². The molecular formula is C15H17BrN2O. The molecule has 1 heterocycles. The van der Waals surface area contributed by atoms with Crippen LogP contribution >= 0.6 is 15.9 Å². The third-order valence-corrected chi connectivity index (χ3v) is 3.17. The molecule has 0 saturated heterocycles. The van der Waals surface area contributed by atoms with Gasteiger partial charge in [-0.25, -0.2) is 4.98 Å². The summed E-state index contributed by atoms with van der Waals surface area (Å²) >= 11 is 3.40. The Balaban J connectivity index is 2.27. The summed E-state index contributed by atoms with van der Waals surface area (Å²) in [7, 11) is 0. The fourth-order valence-corrected chi connectivity index (χ4v) is 2.24. The molecule has 0 atom stereocenters. The van der Waals surface area contributed by atoms with Gasteiger partial charge in [0.15, 0.2) is 0 Å². The standard InChI is InChI=1S/C15H17BrN2O/c1-3-7-14-17-13(16)10-15(18-14)19-12-9-6-5-8-11(12)4-2/h5-6,8-10H,3-4,7H2,1-2H3. The number of aromatic nitrogens is 2. The van der Waals surface area contributed by atoms with Crippen molar-refractivity contribution in [2.45, 2.75) is 33.1 Å². The van der Waals surface area contributed by atoms with E-state index in [1.807, 2.05) is 18.2 Å². The van der Waals surface area contributed by atoms with Crippen molar-refractivity contribution in [3.8, 4) is 11.6 Å². The normalized spacial score (nSPS) is 10.5. The Kier molecular flexibility index (Phi) is 4.91. The number of nitrogens with zero attached hydrogens (tertiary/aromatic N) is 2. The lowest BCUT2D eigenvalue weighted by Crippen LogP contribution is -1.99. The van der Waals surface area contributed by atoms with Gasteiger partial charge in [-0.1, -0.05) is 32.0 Å². The molecule has 2 rings (SSSR count). The summed E-state index contributed by atoms with van der Waals surface area (Å²) in [6.07, 6.45) is 2.80. The van der Waals surface area contributed by atoms with Crippen molar-refractivity contribution in [2.75, 3.05) is 0 Å². The van der Waals surface area contributed by atoms with Gasteiger partial charge in [0.05, 0.1) is 0 Å². The second-order valence-electron chi connectivity index (χ2n) is 4.26. The van der Waals surface area contributed by atoms with Crippen molar-refractivity contribution in [3.63, 3.8) is 0 Å².